The van der Waals surface area contributed by atoms with E-state index in [1.54, 1.807) is 18.2 Å². The van der Waals surface area contributed by atoms with Crippen molar-refractivity contribution in [1.29, 1.82) is 0 Å². The van der Waals surface area contributed by atoms with Gasteiger partial charge in [-0.15, -0.1) is 13.2 Å². The Morgan fingerprint density at radius 1 is 1.00 bits per heavy atom. The number of hydrogen-bond acceptors (Lipinski definition) is 4. The molecule has 0 aliphatic heterocycles. The number of ether oxygens (including phenoxy) is 2. The van der Waals surface area contributed by atoms with Gasteiger partial charge in [0.1, 0.15) is 12.3 Å². The molecule has 0 N–H and O–H groups in total. The highest BCUT2D eigenvalue weighted by Gasteiger charge is 2.32. The number of rotatable bonds is 4. The first-order chi connectivity index (χ1) is 9.04. The van der Waals surface area contributed by atoms with E-state index in [4.69, 9.17) is 4.74 Å². The standard InChI is InChI=1S/C12H9F3N2O2/c13-12(14,15)19-11-6-2-1-5-10(11)18-8-9-4-3-7-16-17-9/h1-7H,8H2. The zero-order valence-electron chi connectivity index (χ0n) is 9.59. The number of para-hydroxylation sites is 2. The van der Waals surface area contributed by atoms with Crippen LogP contribution in [0.3, 0.4) is 0 Å². The maximum atomic E-state index is 12.2. The molecule has 1 aromatic carbocycles. The molecule has 1 aromatic heterocycles. The maximum Gasteiger partial charge on any atom is 0.573 e. The van der Waals surface area contributed by atoms with Crippen LogP contribution < -0.4 is 9.47 Å². The maximum absolute atomic E-state index is 12.2. The Labute approximate surface area is 106 Å². The molecule has 0 saturated heterocycles. The minimum atomic E-state index is -4.76. The molecule has 2 aromatic rings. The van der Waals surface area contributed by atoms with Crippen molar-refractivity contribution in [3.8, 4) is 11.5 Å². The number of aromatic nitrogens is 2. The summed E-state index contributed by atoms with van der Waals surface area (Å²) in [5, 5.41) is 7.40. The molecule has 2 rings (SSSR count). The van der Waals surface area contributed by atoms with Gasteiger partial charge in [-0.2, -0.15) is 10.2 Å². The van der Waals surface area contributed by atoms with E-state index in [1.165, 1.54) is 24.4 Å². The van der Waals surface area contributed by atoms with Crippen molar-refractivity contribution in [3.63, 3.8) is 0 Å². The van der Waals surface area contributed by atoms with Crippen molar-refractivity contribution in [2.75, 3.05) is 0 Å². The molecular weight excluding hydrogens is 261 g/mol. The van der Waals surface area contributed by atoms with Gasteiger partial charge in [0.15, 0.2) is 11.5 Å². The van der Waals surface area contributed by atoms with E-state index < -0.39 is 6.36 Å². The van der Waals surface area contributed by atoms with Crippen molar-refractivity contribution in [3.05, 3.63) is 48.3 Å². The highest BCUT2D eigenvalue weighted by atomic mass is 19.4. The van der Waals surface area contributed by atoms with Gasteiger partial charge < -0.3 is 9.47 Å². The Morgan fingerprint density at radius 2 is 1.74 bits per heavy atom. The van der Waals surface area contributed by atoms with Crippen LogP contribution in [0.2, 0.25) is 0 Å². The van der Waals surface area contributed by atoms with E-state index in [-0.39, 0.29) is 18.1 Å². The molecule has 19 heavy (non-hydrogen) atoms. The summed E-state index contributed by atoms with van der Waals surface area (Å²) < 4.78 is 45.7. The van der Waals surface area contributed by atoms with Crippen LogP contribution in [0.4, 0.5) is 13.2 Å². The lowest BCUT2D eigenvalue weighted by Crippen LogP contribution is -2.17. The third-order valence-electron chi connectivity index (χ3n) is 2.08. The van der Waals surface area contributed by atoms with Crippen LogP contribution in [-0.2, 0) is 6.61 Å². The second-order valence-electron chi connectivity index (χ2n) is 3.50. The third-order valence-corrected chi connectivity index (χ3v) is 2.08. The minimum absolute atomic E-state index is 0.00602. The third kappa shape index (κ3) is 4.13. The largest absolute Gasteiger partial charge is 0.573 e. The quantitative estimate of drug-likeness (QED) is 0.856. The predicted octanol–water partition coefficient (Wildman–Crippen LogP) is 2.95. The average molecular weight is 270 g/mol. The first-order valence-electron chi connectivity index (χ1n) is 5.29. The van der Waals surface area contributed by atoms with E-state index >= 15 is 0 Å². The fourth-order valence-electron chi connectivity index (χ4n) is 1.34. The van der Waals surface area contributed by atoms with Crippen LogP contribution in [0.1, 0.15) is 5.69 Å². The van der Waals surface area contributed by atoms with Crippen molar-refractivity contribution >= 4 is 0 Å². The van der Waals surface area contributed by atoms with Crippen LogP contribution >= 0.6 is 0 Å². The number of hydrogen-bond donors (Lipinski definition) is 0. The van der Waals surface area contributed by atoms with Crippen molar-refractivity contribution in [2.24, 2.45) is 0 Å². The fraction of sp³-hybridized carbons (Fsp3) is 0.167. The Bertz CT molecular complexity index is 532. The van der Waals surface area contributed by atoms with E-state index in [0.717, 1.165) is 0 Å². The van der Waals surface area contributed by atoms with Crippen LogP contribution in [0, 0.1) is 0 Å². The van der Waals surface area contributed by atoms with Crippen LogP contribution in [0.25, 0.3) is 0 Å². The number of halogens is 3. The minimum Gasteiger partial charge on any atom is -0.483 e. The van der Waals surface area contributed by atoms with Gasteiger partial charge in [0.25, 0.3) is 0 Å². The first-order valence-corrected chi connectivity index (χ1v) is 5.29. The van der Waals surface area contributed by atoms with Crippen molar-refractivity contribution in [2.45, 2.75) is 13.0 Å². The fourth-order valence-corrected chi connectivity index (χ4v) is 1.34. The summed E-state index contributed by atoms with van der Waals surface area (Å²) in [5.74, 6) is -0.399. The Morgan fingerprint density at radius 3 is 2.37 bits per heavy atom. The van der Waals surface area contributed by atoms with Crippen LogP contribution in [-0.4, -0.2) is 16.6 Å². The summed E-state index contributed by atoms with van der Waals surface area (Å²) in [6.45, 7) is 0.00602. The Kier molecular flexibility index (Phi) is 3.84. The second-order valence-corrected chi connectivity index (χ2v) is 3.50. The summed E-state index contributed by atoms with van der Waals surface area (Å²) in [6.07, 6.45) is -3.27. The van der Waals surface area contributed by atoms with Crippen molar-refractivity contribution in [1.82, 2.24) is 10.2 Å². The molecule has 1 heterocycles. The first kappa shape index (κ1) is 13.1. The van der Waals surface area contributed by atoms with Crippen LogP contribution in [0.5, 0.6) is 11.5 Å². The molecule has 0 aliphatic rings. The molecule has 0 radical (unpaired) electrons. The van der Waals surface area contributed by atoms with E-state index in [0.29, 0.717) is 5.69 Å². The molecule has 0 atom stereocenters. The SMILES string of the molecule is FC(F)(F)Oc1ccccc1OCc1cccnn1. The number of nitrogens with zero attached hydrogens (tertiary/aromatic N) is 2. The number of benzene rings is 1. The molecule has 0 saturated carbocycles. The Balaban J connectivity index is 2.08. The van der Waals surface area contributed by atoms with Gasteiger partial charge in [-0.05, 0) is 24.3 Å². The molecule has 0 aliphatic carbocycles. The van der Waals surface area contributed by atoms with Gasteiger partial charge >= 0.3 is 6.36 Å². The van der Waals surface area contributed by atoms with Gasteiger partial charge in [0.2, 0.25) is 0 Å². The van der Waals surface area contributed by atoms with Gasteiger partial charge in [-0.1, -0.05) is 12.1 Å². The summed E-state index contributed by atoms with van der Waals surface area (Å²) in [6, 6.07) is 8.85. The van der Waals surface area contributed by atoms with E-state index in [2.05, 4.69) is 14.9 Å². The summed E-state index contributed by atoms with van der Waals surface area (Å²) in [7, 11) is 0. The molecule has 0 fully saturated rings. The monoisotopic (exact) mass is 270 g/mol. The highest BCUT2D eigenvalue weighted by Crippen LogP contribution is 2.32. The normalized spacial score (nSPS) is 11.1. The molecule has 0 amide bonds. The zero-order valence-corrected chi connectivity index (χ0v) is 9.59. The van der Waals surface area contributed by atoms with E-state index in [9.17, 15) is 13.2 Å². The van der Waals surface area contributed by atoms with Gasteiger partial charge in [0, 0.05) is 6.20 Å². The smallest absolute Gasteiger partial charge is 0.483 e. The zero-order chi connectivity index (χ0) is 13.7. The molecule has 7 heteroatoms. The lowest BCUT2D eigenvalue weighted by atomic mass is 10.3. The van der Waals surface area contributed by atoms with Crippen LogP contribution in [0.15, 0.2) is 42.6 Å². The lowest BCUT2D eigenvalue weighted by molar-refractivity contribution is -0.275. The summed E-state index contributed by atoms with van der Waals surface area (Å²) in [5.41, 5.74) is 0.504. The van der Waals surface area contributed by atoms with Crippen molar-refractivity contribution < 1.29 is 22.6 Å². The molecule has 100 valence electrons. The van der Waals surface area contributed by atoms with E-state index in [1.807, 2.05) is 0 Å². The highest BCUT2D eigenvalue weighted by molar-refractivity contribution is 5.39. The molecule has 0 unspecified atom stereocenters. The molecular formula is C12H9F3N2O2. The second kappa shape index (κ2) is 5.55. The predicted molar refractivity (Wildman–Crippen MR) is 59.5 cm³/mol. The summed E-state index contributed by atoms with van der Waals surface area (Å²) in [4.78, 5) is 0. The molecule has 0 spiro atoms. The molecule has 4 nitrogen and oxygen atoms in total. The lowest BCUT2D eigenvalue weighted by Gasteiger charge is -2.13. The topological polar surface area (TPSA) is 44.2 Å². The average Bonchev–Trinajstić information content (AvgIpc) is 2.37. The van der Waals surface area contributed by atoms with Gasteiger partial charge in [0.05, 0.1) is 0 Å². The molecule has 0 bridgehead atoms. The van der Waals surface area contributed by atoms with Gasteiger partial charge in [-0.3, -0.25) is 0 Å². The van der Waals surface area contributed by atoms with Gasteiger partial charge in [-0.25, -0.2) is 0 Å². The summed E-state index contributed by atoms with van der Waals surface area (Å²) >= 11 is 0. The Hall–Kier alpha value is -2.31. The number of alkyl halides is 3.